The third kappa shape index (κ3) is 3.31. The molecule has 0 spiro atoms. The molecule has 1 unspecified atom stereocenters. The number of aliphatic carboxylic acids is 1. The highest BCUT2D eigenvalue weighted by molar-refractivity contribution is 6.30. The zero-order valence-corrected chi connectivity index (χ0v) is 12.0. The molecular formula is C16H15ClO3. The molecule has 0 heterocycles. The molecule has 2 aromatic rings. The summed E-state index contributed by atoms with van der Waals surface area (Å²) >= 11 is 5.90. The summed E-state index contributed by atoms with van der Waals surface area (Å²) in [4.78, 5) is 11.0. The molecular weight excluding hydrogens is 276 g/mol. The molecule has 0 aliphatic rings. The van der Waals surface area contributed by atoms with Gasteiger partial charge in [-0.1, -0.05) is 23.7 Å². The molecule has 0 radical (unpaired) electrons. The van der Waals surface area contributed by atoms with Gasteiger partial charge in [0, 0.05) is 5.02 Å². The van der Waals surface area contributed by atoms with Crippen molar-refractivity contribution in [3.05, 3.63) is 58.6 Å². The van der Waals surface area contributed by atoms with Gasteiger partial charge in [0.25, 0.3) is 0 Å². The van der Waals surface area contributed by atoms with Gasteiger partial charge >= 0.3 is 5.97 Å². The van der Waals surface area contributed by atoms with Crippen LogP contribution in [0, 0.1) is 6.92 Å². The predicted molar refractivity (Wildman–Crippen MR) is 78.8 cm³/mol. The Morgan fingerprint density at radius 2 is 2.00 bits per heavy atom. The largest absolute Gasteiger partial charge is 0.481 e. The average molecular weight is 291 g/mol. The molecule has 0 saturated heterocycles. The first-order valence-corrected chi connectivity index (χ1v) is 6.62. The average Bonchev–Trinajstić information content (AvgIpc) is 2.41. The van der Waals surface area contributed by atoms with Crippen molar-refractivity contribution in [3.8, 4) is 11.5 Å². The Morgan fingerprint density at radius 3 is 2.65 bits per heavy atom. The van der Waals surface area contributed by atoms with Crippen molar-refractivity contribution in [3.63, 3.8) is 0 Å². The number of benzene rings is 2. The first-order chi connectivity index (χ1) is 9.47. The molecule has 0 fully saturated rings. The van der Waals surface area contributed by atoms with Gasteiger partial charge in [-0.25, -0.2) is 0 Å². The van der Waals surface area contributed by atoms with Crippen LogP contribution < -0.4 is 4.74 Å². The van der Waals surface area contributed by atoms with Crippen LogP contribution in [0.3, 0.4) is 0 Å². The molecule has 2 aromatic carbocycles. The fraction of sp³-hybridized carbons (Fsp3) is 0.188. The van der Waals surface area contributed by atoms with Crippen LogP contribution in [0.25, 0.3) is 0 Å². The number of hydrogen-bond donors (Lipinski definition) is 1. The molecule has 0 saturated carbocycles. The second-order valence-corrected chi connectivity index (χ2v) is 5.08. The van der Waals surface area contributed by atoms with Crippen LogP contribution in [0.4, 0.5) is 0 Å². The van der Waals surface area contributed by atoms with Crippen LogP contribution in [-0.2, 0) is 4.79 Å². The van der Waals surface area contributed by atoms with E-state index in [0.29, 0.717) is 22.1 Å². The standard InChI is InChI=1S/C16H15ClO3/c1-10-8-13(17)6-7-15(10)20-14-5-3-4-12(9-14)11(2)16(18)19/h3-9,11H,1-2H3,(H,18,19). The monoisotopic (exact) mass is 290 g/mol. The van der Waals surface area contributed by atoms with Crippen molar-refractivity contribution in [2.75, 3.05) is 0 Å². The summed E-state index contributed by atoms with van der Waals surface area (Å²) in [7, 11) is 0. The van der Waals surface area contributed by atoms with E-state index >= 15 is 0 Å². The number of carboxylic acid groups (broad SMARTS) is 1. The van der Waals surface area contributed by atoms with Crippen LogP contribution >= 0.6 is 11.6 Å². The van der Waals surface area contributed by atoms with E-state index in [4.69, 9.17) is 21.4 Å². The molecule has 0 aliphatic heterocycles. The molecule has 20 heavy (non-hydrogen) atoms. The molecule has 3 nitrogen and oxygen atoms in total. The van der Waals surface area contributed by atoms with Crippen molar-refractivity contribution in [2.24, 2.45) is 0 Å². The molecule has 1 N–H and O–H groups in total. The van der Waals surface area contributed by atoms with Gasteiger partial charge in [-0.3, -0.25) is 4.79 Å². The third-order valence-electron chi connectivity index (χ3n) is 3.09. The van der Waals surface area contributed by atoms with Gasteiger partial charge in [0.05, 0.1) is 5.92 Å². The number of rotatable bonds is 4. The van der Waals surface area contributed by atoms with E-state index in [2.05, 4.69) is 0 Å². The number of hydrogen-bond acceptors (Lipinski definition) is 2. The van der Waals surface area contributed by atoms with Gasteiger partial charge in [-0.2, -0.15) is 0 Å². The number of aryl methyl sites for hydroxylation is 1. The molecule has 2 rings (SSSR count). The van der Waals surface area contributed by atoms with Crippen molar-refractivity contribution in [1.82, 2.24) is 0 Å². The van der Waals surface area contributed by atoms with Crippen LogP contribution in [0.15, 0.2) is 42.5 Å². The summed E-state index contributed by atoms with van der Waals surface area (Å²) in [6.45, 7) is 3.56. The quantitative estimate of drug-likeness (QED) is 0.893. The molecule has 0 amide bonds. The van der Waals surface area contributed by atoms with Crippen molar-refractivity contribution in [1.29, 1.82) is 0 Å². The summed E-state index contributed by atoms with van der Waals surface area (Å²) in [5, 5.41) is 9.69. The van der Waals surface area contributed by atoms with E-state index in [1.807, 2.05) is 13.0 Å². The lowest BCUT2D eigenvalue weighted by Gasteiger charge is -2.12. The highest BCUT2D eigenvalue weighted by Crippen LogP contribution is 2.29. The normalized spacial score (nSPS) is 11.9. The summed E-state index contributed by atoms with van der Waals surface area (Å²) in [5.74, 6) is -0.106. The minimum absolute atomic E-state index is 0.565. The van der Waals surface area contributed by atoms with E-state index in [9.17, 15) is 4.79 Å². The SMILES string of the molecule is Cc1cc(Cl)ccc1Oc1cccc(C(C)C(=O)O)c1. The van der Waals surface area contributed by atoms with Crippen LogP contribution in [0.5, 0.6) is 11.5 Å². The minimum Gasteiger partial charge on any atom is -0.481 e. The van der Waals surface area contributed by atoms with Gasteiger partial charge in [0.1, 0.15) is 11.5 Å². The Labute approximate surface area is 122 Å². The maximum atomic E-state index is 11.0. The third-order valence-corrected chi connectivity index (χ3v) is 3.33. The summed E-state index contributed by atoms with van der Waals surface area (Å²) in [5.41, 5.74) is 1.64. The Bertz CT molecular complexity index is 637. The molecule has 0 aromatic heterocycles. The second kappa shape index (κ2) is 5.97. The predicted octanol–water partition coefficient (Wildman–Crippen LogP) is 4.63. The smallest absolute Gasteiger partial charge is 0.310 e. The van der Waals surface area contributed by atoms with Crippen molar-refractivity contribution >= 4 is 17.6 Å². The van der Waals surface area contributed by atoms with E-state index in [-0.39, 0.29) is 0 Å². The van der Waals surface area contributed by atoms with Gasteiger partial charge in [0.15, 0.2) is 0 Å². The number of carbonyl (C=O) groups is 1. The van der Waals surface area contributed by atoms with Crippen molar-refractivity contribution < 1.29 is 14.6 Å². The maximum Gasteiger partial charge on any atom is 0.310 e. The number of halogens is 1. The fourth-order valence-corrected chi connectivity index (χ4v) is 2.07. The highest BCUT2D eigenvalue weighted by Gasteiger charge is 2.14. The number of carboxylic acids is 1. The van der Waals surface area contributed by atoms with E-state index < -0.39 is 11.9 Å². The van der Waals surface area contributed by atoms with Gasteiger partial charge in [0.2, 0.25) is 0 Å². The van der Waals surface area contributed by atoms with Crippen LogP contribution in [0.1, 0.15) is 24.0 Å². The Hall–Kier alpha value is -2.00. The Kier molecular flexibility index (Phi) is 4.30. The summed E-state index contributed by atoms with van der Waals surface area (Å²) in [6.07, 6.45) is 0. The lowest BCUT2D eigenvalue weighted by Crippen LogP contribution is -2.07. The molecule has 1 atom stereocenters. The van der Waals surface area contributed by atoms with Gasteiger partial charge < -0.3 is 9.84 Å². The minimum atomic E-state index is -0.857. The van der Waals surface area contributed by atoms with Crippen molar-refractivity contribution in [2.45, 2.75) is 19.8 Å². The van der Waals surface area contributed by atoms with E-state index in [1.165, 1.54) is 0 Å². The lowest BCUT2D eigenvalue weighted by atomic mass is 10.0. The number of ether oxygens (including phenoxy) is 1. The summed E-state index contributed by atoms with van der Waals surface area (Å²) in [6, 6.07) is 12.5. The van der Waals surface area contributed by atoms with Crippen LogP contribution in [-0.4, -0.2) is 11.1 Å². The van der Waals surface area contributed by atoms with E-state index in [0.717, 1.165) is 5.56 Å². The van der Waals surface area contributed by atoms with Crippen LogP contribution in [0.2, 0.25) is 5.02 Å². The first kappa shape index (κ1) is 14.4. The maximum absolute atomic E-state index is 11.0. The zero-order chi connectivity index (χ0) is 14.7. The first-order valence-electron chi connectivity index (χ1n) is 6.24. The molecule has 0 aliphatic carbocycles. The van der Waals surface area contributed by atoms with E-state index in [1.54, 1.807) is 43.3 Å². The Morgan fingerprint density at radius 1 is 1.25 bits per heavy atom. The highest BCUT2D eigenvalue weighted by atomic mass is 35.5. The van der Waals surface area contributed by atoms with Gasteiger partial charge in [-0.05, 0) is 55.3 Å². The molecule has 4 heteroatoms. The zero-order valence-electron chi connectivity index (χ0n) is 11.3. The van der Waals surface area contributed by atoms with Gasteiger partial charge in [-0.15, -0.1) is 0 Å². The summed E-state index contributed by atoms with van der Waals surface area (Å²) < 4.78 is 5.78. The lowest BCUT2D eigenvalue weighted by molar-refractivity contribution is -0.138. The molecule has 0 bridgehead atoms. The Balaban J connectivity index is 2.26. The topological polar surface area (TPSA) is 46.5 Å². The molecule has 104 valence electrons. The second-order valence-electron chi connectivity index (χ2n) is 4.64. The fourth-order valence-electron chi connectivity index (χ4n) is 1.84.